The fourth-order valence-electron chi connectivity index (χ4n) is 3.10. The number of rotatable bonds is 8. The van der Waals surface area contributed by atoms with Crippen LogP contribution in [0.1, 0.15) is 31.5 Å². The van der Waals surface area contributed by atoms with Crippen LogP contribution >= 0.6 is 0 Å². The highest BCUT2D eigenvalue weighted by atomic mass is 19.0. The van der Waals surface area contributed by atoms with Crippen molar-refractivity contribution in [1.29, 1.82) is 0 Å². The first-order valence-corrected chi connectivity index (χ1v) is 10.2. The third-order valence-corrected chi connectivity index (χ3v) is 4.92. The SMILES string of the molecule is COC(=O)N[C@@H](C)CNc1nccc(-c2[nH]c(C3CC3)nc2-c2cnc(N)c(OC)n2)n1.F. The summed E-state index contributed by atoms with van der Waals surface area (Å²) in [5.74, 6) is 2.14. The molecule has 0 spiro atoms. The molecule has 0 aliphatic heterocycles. The van der Waals surface area contributed by atoms with E-state index < -0.39 is 6.09 Å². The second kappa shape index (κ2) is 10.1. The van der Waals surface area contributed by atoms with Crippen molar-refractivity contribution in [2.45, 2.75) is 31.7 Å². The summed E-state index contributed by atoms with van der Waals surface area (Å²) in [7, 11) is 2.81. The number of anilines is 2. The molecule has 13 heteroatoms. The molecule has 1 aliphatic rings. The zero-order chi connectivity index (χ0) is 22.7. The third-order valence-electron chi connectivity index (χ3n) is 4.92. The fourth-order valence-corrected chi connectivity index (χ4v) is 3.10. The maximum Gasteiger partial charge on any atom is 0.407 e. The summed E-state index contributed by atoms with van der Waals surface area (Å²) in [6, 6.07) is 1.60. The van der Waals surface area contributed by atoms with Crippen molar-refractivity contribution in [3.05, 3.63) is 24.3 Å². The molecule has 33 heavy (non-hydrogen) atoms. The molecule has 1 fully saturated rings. The lowest BCUT2D eigenvalue weighted by molar-refractivity contribution is 0.168. The quantitative estimate of drug-likeness (QED) is 0.392. The molecule has 5 N–H and O–H groups in total. The van der Waals surface area contributed by atoms with E-state index >= 15 is 0 Å². The highest BCUT2D eigenvalue weighted by Gasteiger charge is 2.29. The number of methoxy groups -OCH3 is 2. The zero-order valence-corrected chi connectivity index (χ0v) is 18.5. The first-order chi connectivity index (χ1) is 15.5. The van der Waals surface area contributed by atoms with Gasteiger partial charge in [0.2, 0.25) is 5.95 Å². The predicted molar refractivity (Wildman–Crippen MR) is 120 cm³/mol. The lowest BCUT2D eigenvalue weighted by atomic mass is 10.2. The Morgan fingerprint density at radius 3 is 2.73 bits per heavy atom. The minimum atomic E-state index is -0.497. The number of hydrogen-bond acceptors (Lipinski definition) is 10. The second-order valence-electron chi connectivity index (χ2n) is 7.45. The van der Waals surface area contributed by atoms with Crippen molar-refractivity contribution in [1.82, 2.24) is 35.2 Å². The minimum Gasteiger partial charge on any atom is -0.478 e. The predicted octanol–water partition coefficient (Wildman–Crippen LogP) is 2.10. The number of nitrogen functional groups attached to an aromatic ring is 1. The largest absolute Gasteiger partial charge is 0.478 e. The number of nitrogens with two attached hydrogens (primary N) is 1. The van der Waals surface area contributed by atoms with E-state index in [0.717, 1.165) is 18.7 Å². The van der Waals surface area contributed by atoms with Gasteiger partial charge in [-0.1, -0.05) is 0 Å². The number of aromatic amines is 1. The number of amides is 1. The van der Waals surface area contributed by atoms with E-state index in [-0.39, 0.29) is 22.4 Å². The number of imidazole rings is 1. The van der Waals surface area contributed by atoms with Crippen LogP contribution in [0.2, 0.25) is 0 Å². The molecular weight excluding hydrogens is 433 g/mol. The molecule has 3 aromatic heterocycles. The molecule has 1 saturated carbocycles. The molecular formula is C20H26FN9O3. The van der Waals surface area contributed by atoms with E-state index in [2.05, 4.69) is 40.3 Å². The van der Waals surface area contributed by atoms with Crippen LogP contribution in [-0.2, 0) is 4.74 Å². The summed E-state index contributed by atoms with van der Waals surface area (Å²) in [6.45, 7) is 2.26. The lowest BCUT2D eigenvalue weighted by Gasteiger charge is -2.14. The average molecular weight is 459 g/mol. The average Bonchev–Trinajstić information content (AvgIpc) is 3.56. The van der Waals surface area contributed by atoms with E-state index in [1.54, 1.807) is 18.5 Å². The smallest absolute Gasteiger partial charge is 0.407 e. The van der Waals surface area contributed by atoms with E-state index in [0.29, 0.717) is 41.2 Å². The Kier molecular flexibility index (Phi) is 7.20. The normalized spacial score (nSPS) is 13.5. The second-order valence-corrected chi connectivity index (χ2v) is 7.45. The third kappa shape index (κ3) is 5.42. The van der Waals surface area contributed by atoms with Gasteiger partial charge in [-0.3, -0.25) is 4.70 Å². The lowest BCUT2D eigenvalue weighted by Crippen LogP contribution is -2.37. The Morgan fingerprint density at radius 1 is 1.24 bits per heavy atom. The van der Waals surface area contributed by atoms with Crippen molar-refractivity contribution in [3.8, 4) is 28.7 Å². The number of halogens is 1. The van der Waals surface area contributed by atoms with E-state index in [4.69, 9.17) is 15.5 Å². The topological polar surface area (TPSA) is 166 Å². The molecule has 1 atom stereocenters. The van der Waals surface area contributed by atoms with Gasteiger partial charge in [-0.15, -0.1) is 0 Å². The number of carbonyl (C=O) groups is 1. The van der Waals surface area contributed by atoms with Crippen LogP contribution in [0.5, 0.6) is 5.88 Å². The van der Waals surface area contributed by atoms with Crippen LogP contribution in [0.3, 0.4) is 0 Å². The van der Waals surface area contributed by atoms with Gasteiger partial charge in [0.1, 0.15) is 17.2 Å². The van der Waals surface area contributed by atoms with Crippen LogP contribution in [0.25, 0.3) is 22.8 Å². The number of nitrogens with one attached hydrogen (secondary N) is 3. The zero-order valence-electron chi connectivity index (χ0n) is 18.5. The molecule has 3 aromatic rings. The minimum absolute atomic E-state index is 0. The number of nitrogens with zero attached hydrogens (tertiary/aromatic N) is 5. The number of H-pyrrole nitrogens is 1. The van der Waals surface area contributed by atoms with Gasteiger partial charge in [0.25, 0.3) is 5.88 Å². The summed E-state index contributed by atoms with van der Waals surface area (Å²) in [6.07, 6.45) is 4.90. The molecule has 3 heterocycles. The van der Waals surface area contributed by atoms with Gasteiger partial charge < -0.3 is 30.8 Å². The number of aromatic nitrogens is 6. The van der Waals surface area contributed by atoms with Crippen molar-refractivity contribution in [2.75, 3.05) is 31.8 Å². The number of ether oxygens (including phenoxy) is 2. The van der Waals surface area contributed by atoms with Crippen molar-refractivity contribution >= 4 is 17.9 Å². The standard InChI is InChI=1S/C20H25N9O3.FH/c1-10(25-20(30)32-3)8-24-19-22-7-6-12(27-19)14-15(29-17(28-14)11-4-5-11)13-9-23-16(21)18(26-13)31-2;/h6-7,9-11H,4-5,8H2,1-3H3,(H2,21,23)(H,25,30)(H,28,29)(H,22,24,27);1H/t10-;/m0./s1. The Morgan fingerprint density at radius 2 is 2.03 bits per heavy atom. The number of hydrogen-bond donors (Lipinski definition) is 4. The summed E-state index contributed by atoms with van der Waals surface area (Å²) < 4.78 is 9.82. The molecule has 176 valence electrons. The van der Waals surface area contributed by atoms with E-state index in [1.165, 1.54) is 14.2 Å². The highest BCUT2D eigenvalue weighted by Crippen LogP contribution is 2.41. The maximum absolute atomic E-state index is 11.3. The maximum atomic E-state index is 11.3. The monoisotopic (exact) mass is 459 g/mol. The van der Waals surface area contributed by atoms with Crippen LogP contribution in [-0.4, -0.2) is 62.8 Å². The van der Waals surface area contributed by atoms with E-state index in [9.17, 15) is 4.79 Å². The van der Waals surface area contributed by atoms with Gasteiger partial charge in [-0.05, 0) is 25.8 Å². The first kappa shape index (κ1) is 23.6. The summed E-state index contributed by atoms with van der Waals surface area (Å²) >= 11 is 0. The number of carbonyl (C=O) groups excluding carboxylic acids is 1. The fraction of sp³-hybridized carbons (Fsp3) is 0.400. The molecule has 0 aromatic carbocycles. The molecule has 0 saturated heterocycles. The Hall–Kier alpha value is -4.03. The van der Waals surface area contributed by atoms with Gasteiger partial charge >= 0.3 is 6.09 Å². The van der Waals surface area contributed by atoms with Gasteiger partial charge in [0.05, 0.1) is 31.8 Å². The Bertz CT molecular complexity index is 1120. The first-order valence-electron chi connectivity index (χ1n) is 10.2. The summed E-state index contributed by atoms with van der Waals surface area (Å²) in [5, 5.41) is 5.80. The van der Waals surface area contributed by atoms with Crippen LogP contribution in [0, 0.1) is 0 Å². The molecule has 1 amide bonds. The van der Waals surface area contributed by atoms with Gasteiger partial charge in [0, 0.05) is 24.7 Å². The Labute approximate surface area is 189 Å². The van der Waals surface area contributed by atoms with Crippen molar-refractivity contribution < 1.29 is 19.0 Å². The van der Waals surface area contributed by atoms with Crippen LogP contribution in [0.4, 0.5) is 21.3 Å². The Balaban J connectivity index is 0.00000306. The van der Waals surface area contributed by atoms with Crippen LogP contribution < -0.4 is 21.1 Å². The molecule has 4 rings (SSSR count). The van der Waals surface area contributed by atoms with Gasteiger partial charge in [-0.2, -0.15) is 0 Å². The summed E-state index contributed by atoms with van der Waals surface area (Å²) in [5.41, 5.74) is 8.31. The van der Waals surface area contributed by atoms with Gasteiger partial charge in [0.15, 0.2) is 5.82 Å². The van der Waals surface area contributed by atoms with Crippen LogP contribution in [0.15, 0.2) is 18.5 Å². The van der Waals surface area contributed by atoms with E-state index in [1.807, 2.05) is 6.92 Å². The molecule has 0 bridgehead atoms. The highest BCUT2D eigenvalue weighted by molar-refractivity contribution is 5.75. The number of alkyl carbamates (subject to hydrolysis) is 1. The van der Waals surface area contributed by atoms with Gasteiger partial charge in [-0.25, -0.2) is 29.7 Å². The van der Waals surface area contributed by atoms with Crippen molar-refractivity contribution in [2.24, 2.45) is 0 Å². The molecule has 0 unspecified atom stereocenters. The molecule has 1 aliphatic carbocycles. The molecule has 12 nitrogen and oxygen atoms in total. The van der Waals surface area contributed by atoms with Crippen molar-refractivity contribution in [3.63, 3.8) is 0 Å². The molecule has 0 radical (unpaired) electrons. The summed E-state index contributed by atoms with van der Waals surface area (Å²) in [4.78, 5) is 37.0.